The van der Waals surface area contributed by atoms with Crippen molar-refractivity contribution in [2.75, 3.05) is 18.0 Å². The summed E-state index contributed by atoms with van der Waals surface area (Å²) in [7, 11) is 0. The fraction of sp³-hybridized carbons (Fsp3) is 0.556. The highest BCUT2D eigenvalue weighted by molar-refractivity contribution is 9.10. The van der Waals surface area contributed by atoms with Gasteiger partial charge in [-0.25, -0.2) is 0 Å². The van der Waals surface area contributed by atoms with Crippen LogP contribution in [0.4, 0.5) is 5.82 Å². The molecule has 1 fully saturated rings. The van der Waals surface area contributed by atoms with Gasteiger partial charge in [-0.15, -0.1) is 0 Å². The van der Waals surface area contributed by atoms with E-state index in [2.05, 4.69) is 25.8 Å². The Labute approximate surface area is 96.0 Å². The van der Waals surface area contributed by atoms with Gasteiger partial charge in [0.15, 0.2) is 0 Å². The molecule has 1 aliphatic rings. The summed E-state index contributed by atoms with van der Waals surface area (Å²) in [5, 5.41) is 17.0. The zero-order valence-electron chi connectivity index (χ0n) is 8.50. The number of hydrogen-bond acceptors (Lipinski definition) is 4. The summed E-state index contributed by atoms with van der Waals surface area (Å²) in [6.45, 7) is 3.70. The van der Waals surface area contributed by atoms with Gasteiger partial charge in [0, 0.05) is 13.1 Å². The van der Waals surface area contributed by atoms with Gasteiger partial charge in [-0.1, -0.05) is 0 Å². The maximum Gasteiger partial charge on any atom is 0.257 e. The highest BCUT2D eigenvalue weighted by atomic mass is 79.9. The molecule has 0 unspecified atom stereocenters. The van der Waals surface area contributed by atoms with Crippen LogP contribution in [0.1, 0.15) is 18.5 Å². The summed E-state index contributed by atoms with van der Waals surface area (Å²) in [5.41, 5.74) is 0.481. The van der Waals surface area contributed by atoms with Crippen LogP contribution in [0.15, 0.2) is 4.47 Å². The first-order chi connectivity index (χ1) is 7.11. The van der Waals surface area contributed by atoms with Crippen molar-refractivity contribution < 1.29 is 5.21 Å². The van der Waals surface area contributed by atoms with Crippen LogP contribution in [0.3, 0.4) is 0 Å². The predicted molar refractivity (Wildman–Crippen MR) is 59.2 cm³/mol. The van der Waals surface area contributed by atoms with Crippen LogP contribution in [0.2, 0.25) is 0 Å². The normalized spacial score (nSPS) is 16.0. The van der Waals surface area contributed by atoms with E-state index < -0.39 is 0 Å². The SMILES string of the molecule is Cc1c(Br)c(N2CCCC2)nc(=N)n1O. The second kappa shape index (κ2) is 3.84. The third-order valence-electron chi connectivity index (χ3n) is 2.65. The van der Waals surface area contributed by atoms with E-state index in [0.29, 0.717) is 5.69 Å². The lowest BCUT2D eigenvalue weighted by atomic mass is 10.4. The molecule has 1 aromatic heterocycles. The summed E-state index contributed by atoms with van der Waals surface area (Å²) in [5.74, 6) is 0.764. The molecule has 2 heterocycles. The van der Waals surface area contributed by atoms with Gasteiger partial charge in [0.25, 0.3) is 5.62 Å². The smallest absolute Gasteiger partial charge is 0.257 e. The highest BCUT2D eigenvalue weighted by Gasteiger charge is 2.19. The number of nitrogens with zero attached hydrogens (tertiary/aromatic N) is 3. The molecule has 15 heavy (non-hydrogen) atoms. The van der Waals surface area contributed by atoms with E-state index in [9.17, 15) is 5.21 Å². The molecule has 1 aromatic rings. The number of aromatic nitrogens is 2. The van der Waals surface area contributed by atoms with Gasteiger partial charge in [0.05, 0.1) is 10.2 Å². The van der Waals surface area contributed by atoms with Crippen molar-refractivity contribution in [1.29, 1.82) is 5.41 Å². The fourth-order valence-electron chi connectivity index (χ4n) is 1.75. The largest absolute Gasteiger partial charge is 0.425 e. The highest BCUT2D eigenvalue weighted by Crippen LogP contribution is 2.27. The zero-order valence-corrected chi connectivity index (χ0v) is 10.1. The van der Waals surface area contributed by atoms with E-state index in [1.165, 1.54) is 0 Å². The minimum atomic E-state index is -0.127. The molecule has 0 saturated carbocycles. The van der Waals surface area contributed by atoms with E-state index in [4.69, 9.17) is 5.41 Å². The van der Waals surface area contributed by atoms with Gasteiger partial charge in [-0.05, 0) is 35.7 Å². The summed E-state index contributed by atoms with van der Waals surface area (Å²) in [6, 6.07) is 0. The molecule has 82 valence electrons. The van der Waals surface area contributed by atoms with E-state index in [0.717, 1.165) is 41.0 Å². The molecular formula is C9H13BrN4O. The molecule has 0 aliphatic carbocycles. The average Bonchev–Trinajstić information content (AvgIpc) is 2.73. The number of halogens is 1. The number of rotatable bonds is 1. The molecule has 0 amide bonds. The Morgan fingerprint density at radius 3 is 2.60 bits per heavy atom. The lowest BCUT2D eigenvalue weighted by molar-refractivity contribution is 0.158. The molecule has 0 bridgehead atoms. The van der Waals surface area contributed by atoms with Crippen LogP contribution in [-0.4, -0.2) is 28.0 Å². The molecule has 1 saturated heterocycles. The first-order valence-electron chi connectivity index (χ1n) is 4.89. The van der Waals surface area contributed by atoms with Gasteiger partial charge < -0.3 is 10.1 Å². The summed E-state index contributed by atoms with van der Waals surface area (Å²) in [6.07, 6.45) is 2.32. The number of nitrogens with one attached hydrogen (secondary N) is 1. The van der Waals surface area contributed by atoms with E-state index in [1.807, 2.05) is 0 Å². The van der Waals surface area contributed by atoms with Gasteiger partial charge in [0.2, 0.25) is 0 Å². The molecule has 1 aliphatic heterocycles. The van der Waals surface area contributed by atoms with Crippen molar-refractivity contribution in [1.82, 2.24) is 9.71 Å². The molecule has 2 rings (SSSR count). The lowest BCUT2D eigenvalue weighted by Gasteiger charge is -2.19. The van der Waals surface area contributed by atoms with Crippen molar-refractivity contribution in [3.8, 4) is 0 Å². The minimum absolute atomic E-state index is 0.127. The fourth-order valence-corrected chi connectivity index (χ4v) is 2.26. The molecule has 6 heteroatoms. The van der Waals surface area contributed by atoms with Crippen LogP contribution in [-0.2, 0) is 0 Å². The molecule has 0 spiro atoms. The molecule has 5 nitrogen and oxygen atoms in total. The molecule has 0 radical (unpaired) electrons. The third kappa shape index (κ3) is 1.73. The Bertz CT molecular complexity index is 436. The van der Waals surface area contributed by atoms with Crippen LogP contribution in [0.5, 0.6) is 0 Å². The maximum absolute atomic E-state index is 9.47. The van der Waals surface area contributed by atoms with E-state index >= 15 is 0 Å². The van der Waals surface area contributed by atoms with E-state index in [-0.39, 0.29) is 5.62 Å². The standard InChI is InChI=1S/C9H13BrN4O/c1-6-7(10)8(12-9(11)14(6)15)13-4-2-3-5-13/h11,15H,2-5H2,1H3. The number of hydrogen-bond donors (Lipinski definition) is 2. The predicted octanol–water partition coefficient (Wildman–Crippen LogP) is 1.27. The molecule has 0 aromatic carbocycles. The van der Waals surface area contributed by atoms with Gasteiger partial charge in [0.1, 0.15) is 5.82 Å². The van der Waals surface area contributed by atoms with Gasteiger partial charge >= 0.3 is 0 Å². The first-order valence-corrected chi connectivity index (χ1v) is 5.68. The van der Waals surface area contributed by atoms with Crippen LogP contribution >= 0.6 is 15.9 Å². The minimum Gasteiger partial charge on any atom is -0.425 e. The maximum atomic E-state index is 9.47. The Hall–Kier alpha value is -1.04. The first kappa shape index (κ1) is 10.5. The van der Waals surface area contributed by atoms with Crippen LogP contribution < -0.4 is 10.5 Å². The summed E-state index contributed by atoms with van der Waals surface area (Å²) >= 11 is 3.41. The summed E-state index contributed by atoms with van der Waals surface area (Å²) < 4.78 is 1.55. The number of anilines is 1. The van der Waals surface area contributed by atoms with Crippen molar-refractivity contribution in [2.24, 2.45) is 0 Å². The van der Waals surface area contributed by atoms with Crippen LogP contribution in [0.25, 0.3) is 0 Å². The average molecular weight is 273 g/mol. The summed E-state index contributed by atoms with van der Waals surface area (Å²) in [4.78, 5) is 6.21. The Morgan fingerprint density at radius 2 is 2.00 bits per heavy atom. The topological polar surface area (TPSA) is 65.1 Å². The zero-order chi connectivity index (χ0) is 11.0. The Morgan fingerprint density at radius 1 is 1.40 bits per heavy atom. The second-order valence-electron chi connectivity index (χ2n) is 3.66. The van der Waals surface area contributed by atoms with Crippen LogP contribution in [0, 0.1) is 12.3 Å². The van der Waals surface area contributed by atoms with Crippen molar-refractivity contribution >= 4 is 21.7 Å². The van der Waals surface area contributed by atoms with Crippen molar-refractivity contribution in [3.05, 3.63) is 15.8 Å². The monoisotopic (exact) mass is 272 g/mol. The molecular weight excluding hydrogens is 260 g/mol. The van der Waals surface area contributed by atoms with Crippen molar-refractivity contribution in [2.45, 2.75) is 19.8 Å². The van der Waals surface area contributed by atoms with Crippen molar-refractivity contribution in [3.63, 3.8) is 0 Å². The molecule has 0 atom stereocenters. The van der Waals surface area contributed by atoms with Gasteiger partial charge in [-0.2, -0.15) is 9.71 Å². The van der Waals surface area contributed by atoms with Gasteiger partial charge in [-0.3, -0.25) is 5.41 Å². The Kier molecular flexibility index (Phi) is 2.68. The lowest BCUT2D eigenvalue weighted by Crippen LogP contribution is -2.29. The van der Waals surface area contributed by atoms with E-state index in [1.54, 1.807) is 6.92 Å². The quantitative estimate of drug-likeness (QED) is 0.757. The third-order valence-corrected chi connectivity index (χ3v) is 3.58. The second-order valence-corrected chi connectivity index (χ2v) is 4.46. The Balaban J connectivity index is 2.52. The molecule has 2 N–H and O–H groups in total.